The fourth-order valence-electron chi connectivity index (χ4n) is 2.40. The molecule has 0 aromatic heterocycles. The minimum absolute atomic E-state index is 0.183. The van der Waals surface area contributed by atoms with E-state index in [1.165, 1.54) is 18.9 Å². The van der Waals surface area contributed by atoms with Crippen molar-refractivity contribution >= 4 is 21.6 Å². The average molecular weight is 286 g/mol. The largest absolute Gasteiger partial charge is 0.378 e. The fraction of sp³-hybridized carbons (Fsp3) is 0.538. The quantitative estimate of drug-likeness (QED) is 0.839. The Morgan fingerprint density at radius 2 is 2.19 bits per heavy atom. The number of benzene rings is 1. The van der Waals surface area contributed by atoms with Crippen LogP contribution in [0.15, 0.2) is 22.7 Å². The number of hydrogen-bond donors (Lipinski definition) is 1. The fourth-order valence-corrected chi connectivity index (χ4v) is 2.86. The number of rotatable bonds is 2. The van der Waals surface area contributed by atoms with Crippen LogP contribution < -0.4 is 5.32 Å². The molecule has 1 aromatic rings. The van der Waals surface area contributed by atoms with Gasteiger partial charge in [0.25, 0.3) is 0 Å². The number of halogens is 2. The molecule has 1 N–H and O–H groups in total. The molecule has 0 amide bonds. The van der Waals surface area contributed by atoms with Crippen molar-refractivity contribution in [3.05, 3.63) is 28.5 Å². The van der Waals surface area contributed by atoms with E-state index in [1.54, 1.807) is 6.07 Å². The molecule has 0 radical (unpaired) electrons. The van der Waals surface area contributed by atoms with Gasteiger partial charge in [-0.05, 0) is 46.3 Å². The van der Waals surface area contributed by atoms with E-state index >= 15 is 0 Å². The first-order chi connectivity index (χ1) is 7.50. The van der Waals surface area contributed by atoms with Crippen LogP contribution in [-0.4, -0.2) is 6.04 Å². The smallest absolute Gasteiger partial charge is 0.147 e. The van der Waals surface area contributed by atoms with Crippen molar-refractivity contribution in [2.75, 3.05) is 5.32 Å². The molecule has 3 heteroatoms. The van der Waals surface area contributed by atoms with Crippen molar-refractivity contribution in [2.45, 2.75) is 39.2 Å². The predicted octanol–water partition coefficient (Wildman–Crippen LogP) is 4.58. The van der Waals surface area contributed by atoms with Gasteiger partial charge in [-0.3, -0.25) is 0 Å². The molecule has 88 valence electrons. The van der Waals surface area contributed by atoms with Gasteiger partial charge >= 0.3 is 0 Å². The zero-order valence-corrected chi connectivity index (χ0v) is 11.3. The summed E-state index contributed by atoms with van der Waals surface area (Å²) >= 11 is 3.39. The predicted molar refractivity (Wildman–Crippen MR) is 69.1 cm³/mol. The lowest BCUT2D eigenvalue weighted by Gasteiger charge is -2.29. The number of hydrogen-bond acceptors (Lipinski definition) is 1. The van der Waals surface area contributed by atoms with Gasteiger partial charge in [-0.2, -0.15) is 0 Å². The minimum Gasteiger partial charge on any atom is -0.378 e. The zero-order chi connectivity index (χ0) is 11.8. The lowest BCUT2D eigenvalue weighted by molar-refractivity contribution is 0.349. The van der Waals surface area contributed by atoms with Crippen molar-refractivity contribution in [1.82, 2.24) is 0 Å². The van der Waals surface area contributed by atoms with E-state index in [9.17, 15) is 4.39 Å². The molecule has 2 rings (SSSR count). The third kappa shape index (κ3) is 2.24. The second-order valence-corrected chi connectivity index (χ2v) is 6.03. The van der Waals surface area contributed by atoms with E-state index in [0.29, 0.717) is 11.7 Å². The van der Waals surface area contributed by atoms with Crippen LogP contribution in [0, 0.1) is 11.2 Å². The Hall–Kier alpha value is -0.570. The van der Waals surface area contributed by atoms with Crippen LogP contribution >= 0.6 is 15.9 Å². The zero-order valence-electron chi connectivity index (χ0n) is 9.69. The van der Waals surface area contributed by atoms with E-state index in [-0.39, 0.29) is 11.2 Å². The highest BCUT2D eigenvalue weighted by molar-refractivity contribution is 9.10. The Bertz CT molecular complexity index is 369. The Morgan fingerprint density at radius 3 is 2.75 bits per heavy atom. The highest BCUT2D eigenvalue weighted by Gasteiger charge is 2.34. The summed E-state index contributed by atoms with van der Waals surface area (Å²) in [6.07, 6.45) is 3.54. The Kier molecular flexibility index (Phi) is 3.24. The normalized spacial score (nSPS) is 23.4. The summed E-state index contributed by atoms with van der Waals surface area (Å²) in [6.45, 7) is 4.48. The molecule has 16 heavy (non-hydrogen) atoms. The minimum atomic E-state index is -0.183. The van der Waals surface area contributed by atoms with E-state index in [0.717, 1.165) is 10.9 Å². The summed E-state index contributed by atoms with van der Waals surface area (Å²) in [5, 5.41) is 3.35. The first-order valence-corrected chi connectivity index (χ1v) is 6.50. The molecule has 1 unspecified atom stereocenters. The average Bonchev–Trinajstić information content (AvgIpc) is 2.52. The van der Waals surface area contributed by atoms with Gasteiger partial charge in [0.2, 0.25) is 0 Å². The third-order valence-corrected chi connectivity index (χ3v) is 4.20. The maximum Gasteiger partial charge on any atom is 0.147 e. The Morgan fingerprint density at radius 1 is 1.44 bits per heavy atom. The SMILES string of the molecule is CC1(C)CCCC1Nc1c(F)cccc1Br. The van der Waals surface area contributed by atoms with Gasteiger partial charge < -0.3 is 5.32 Å². The first kappa shape index (κ1) is 11.9. The maximum atomic E-state index is 13.7. The molecular weight excluding hydrogens is 269 g/mol. The Balaban J connectivity index is 2.21. The third-order valence-electron chi connectivity index (χ3n) is 3.54. The molecule has 1 atom stereocenters. The molecule has 1 aliphatic carbocycles. The van der Waals surface area contributed by atoms with Crippen molar-refractivity contribution < 1.29 is 4.39 Å². The topological polar surface area (TPSA) is 12.0 Å². The van der Waals surface area contributed by atoms with Gasteiger partial charge in [0.15, 0.2) is 0 Å². The molecule has 0 heterocycles. The van der Waals surface area contributed by atoms with Crippen molar-refractivity contribution in [2.24, 2.45) is 5.41 Å². The molecule has 0 saturated heterocycles. The molecular formula is C13H17BrFN. The molecule has 1 aromatic carbocycles. The molecule has 1 saturated carbocycles. The molecule has 1 nitrogen and oxygen atoms in total. The lowest BCUT2D eigenvalue weighted by Crippen LogP contribution is -2.31. The van der Waals surface area contributed by atoms with Crippen molar-refractivity contribution in [3.8, 4) is 0 Å². The molecule has 0 spiro atoms. The first-order valence-electron chi connectivity index (χ1n) is 5.71. The van der Waals surface area contributed by atoms with Crippen LogP contribution in [-0.2, 0) is 0 Å². The van der Waals surface area contributed by atoms with Crippen LogP contribution in [0.1, 0.15) is 33.1 Å². The standard InChI is InChI=1S/C13H17BrFN/c1-13(2)8-4-7-11(13)16-12-9(14)5-3-6-10(12)15/h3,5-6,11,16H,4,7-8H2,1-2H3. The second kappa shape index (κ2) is 4.36. The van der Waals surface area contributed by atoms with E-state index in [2.05, 4.69) is 35.1 Å². The van der Waals surface area contributed by atoms with Crippen molar-refractivity contribution in [1.29, 1.82) is 0 Å². The van der Waals surface area contributed by atoms with Crippen molar-refractivity contribution in [3.63, 3.8) is 0 Å². The maximum absolute atomic E-state index is 13.7. The summed E-state index contributed by atoms with van der Waals surface area (Å²) in [7, 11) is 0. The summed E-state index contributed by atoms with van der Waals surface area (Å²) in [4.78, 5) is 0. The van der Waals surface area contributed by atoms with Gasteiger partial charge in [0, 0.05) is 10.5 Å². The second-order valence-electron chi connectivity index (χ2n) is 5.17. The summed E-state index contributed by atoms with van der Waals surface area (Å²) in [5.74, 6) is -0.183. The Labute approximate surface area is 105 Å². The summed E-state index contributed by atoms with van der Waals surface area (Å²) in [6, 6.07) is 5.44. The van der Waals surface area contributed by atoms with Crippen LogP contribution in [0.4, 0.5) is 10.1 Å². The van der Waals surface area contributed by atoms with E-state index < -0.39 is 0 Å². The number of para-hydroxylation sites is 1. The van der Waals surface area contributed by atoms with Gasteiger partial charge in [-0.25, -0.2) is 4.39 Å². The van der Waals surface area contributed by atoms with Crippen LogP contribution in [0.3, 0.4) is 0 Å². The molecule has 0 aliphatic heterocycles. The molecule has 1 aliphatic rings. The summed E-state index contributed by atoms with van der Waals surface area (Å²) in [5.41, 5.74) is 0.851. The van der Waals surface area contributed by atoms with Gasteiger partial charge in [0.05, 0.1) is 5.69 Å². The van der Waals surface area contributed by atoms with E-state index in [4.69, 9.17) is 0 Å². The highest BCUT2D eigenvalue weighted by Crippen LogP contribution is 2.40. The monoisotopic (exact) mass is 285 g/mol. The van der Waals surface area contributed by atoms with Crippen LogP contribution in [0.5, 0.6) is 0 Å². The lowest BCUT2D eigenvalue weighted by atomic mass is 9.87. The molecule has 0 bridgehead atoms. The van der Waals surface area contributed by atoms with Crippen LogP contribution in [0.2, 0.25) is 0 Å². The van der Waals surface area contributed by atoms with Gasteiger partial charge in [-0.1, -0.05) is 26.3 Å². The molecule has 1 fully saturated rings. The van der Waals surface area contributed by atoms with E-state index in [1.807, 2.05) is 6.07 Å². The number of nitrogens with one attached hydrogen (secondary N) is 1. The van der Waals surface area contributed by atoms with Gasteiger partial charge in [-0.15, -0.1) is 0 Å². The van der Waals surface area contributed by atoms with Crippen LogP contribution in [0.25, 0.3) is 0 Å². The van der Waals surface area contributed by atoms with Gasteiger partial charge in [0.1, 0.15) is 5.82 Å². The highest BCUT2D eigenvalue weighted by atomic mass is 79.9. The summed E-state index contributed by atoms with van der Waals surface area (Å²) < 4.78 is 14.5. The number of anilines is 1.